The Balaban J connectivity index is 1.99. The third-order valence-corrected chi connectivity index (χ3v) is 4.06. The lowest BCUT2D eigenvalue weighted by Crippen LogP contribution is -2.38. The Kier molecular flexibility index (Phi) is 4.81. The van der Waals surface area contributed by atoms with Gasteiger partial charge in [0.1, 0.15) is 5.75 Å². The van der Waals surface area contributed by atoms with Crippen LogP contribution >= 0.6 is 0 Å². The smallest absolute Gasteiger partial charge is 0.142 e. The van der Waals surface area contributed by atoms with Crippen LogP contribution in [0.1, 0.15) is 58.6 Å². The van der Waals surface area contributed by atoms with E-state index in [1.807, 2.05) is 18.3 Å². The van der Waals surface area contributed by atoms with Crippen molar-refractivity contribution in [3.05, 3.63) is 24.0 Å². The van der Waals surface area contributed by atoms with E-state index < -0.39 is 0 Å². The zero-order valence-electron chi connectivity index (χ0n) is 12.4. The summed E-state index contributed by atoms with van der Waals surface area (Å²) in [7, 11) is 0. The van der Waals surface area contributed by atoms with E-state index in [1.54, 1.807) is 0 Å². The molecule has 0 atom stereocenters. The van der Waals surface area contributed by atoms with Gasteiger partial charge in [0, 0.05) is 18.3 Å². The summed E-state index contributed by atoms with van der Waals surface area (Å²) in [4.78, 5) is 4.47. The molecule has 1 aromatic heterocycles. The molecule has 1 aliphatic carbocycles. The van der Waals surface area contributed by atoms with E-state index in [9.17, 15) is 0 Å². The van der Waals surface area contributed by atoms with E-state index in [0.717, 1.165) is 24.4 Å². The molecule has 3 nitrogen and oxygen atoms in total. The Morgan fingerprint density at radius 3 is 2.79 bits per heavy atom. The summed E-state index contributed by atoms with van der Waals surface area (Å²) < 4.78 is 6.10. The molecule has 2 rings (SSSR count). The van der Waals surface area contributed by atoms with Gasteiger partial charge in [-0.25, -0.2) is 0 Å². The summed E-state index contributed by atoms with van der Waals surface area (Å²) in [6.45, 7) is 7.39. The molecule has 1 N–H and O–H groups in total. The van der Waals surface area contributed by atoms with E-state index in [1.165, 1.54) is 25.7 Å². The molecule has 0 amide bonds. The molecule has 0 bridgehead atoms. The predicted octanol–water partition coefficient (Wildman–Crippen LogP) is 3.68. The molecular formula is C16H26N2O. The molecule has 1 saturated carbocycles. The van der Waals surface area contributed by atoms with Crippen molar-refractivity contribution in [2.75, 3.05) is 0 Å². The van der Waals surface area contributed by atoms with Crippen molar-refractivity contribution < 1.29 is 4.74 Å². The quantitative estimate of drug-likeness (QED) is 0.849. The zero-order chi connectivity index (χ0) is 13.7. The molecule has 106 valence electrons. The number of aromatic nitrogens is 1. The normalized spacial score (nSPS) is 16.8. The number of nitrogens with zero attached hydrogens (tertiary/aromatic N) is 1. The summed E-state index contributed by atoms with van der Waals surface area (Å²) >= 11 is 0. The van der Waals surface area contributed by atoms with Gasteiger partial charge in [-0.05, 0) is 58.1 Å². The fraction of sp³-hybridized carbons (Fsp3) is 0.688. The Labute approximate surface area is 116 Å². The average Bonchev–Trinajstić information content (AvgIpc) is 2.91. The molecule has 0 aromatic carbocycles. The van der Waals surface area contributed by atoms with Crippen molar-refractivity contribution in [2.45, 2.75) is 71.1 Å². The van der Waals surface area contributed by atoms with Gasteiger partial charge in [-0.1, -0.05) is 6.92 Å². The molecule has 0 aliphatic heterocycles. The maximum atomic E-state index is 6.10. The van der Waals surface area contributed by atoms with E-state index in [-0.39, 0.29) is 5.54 Å². The highest BCUT2D eigenvalue weighted by Crippen LogP contribution is 2.26. The first-order chi connectivity index (χ1) is 9.11. The number of ether oxygens (including phenoxy) is 1. The van der Waals surface area contributed by atoms with Gasteiger partial charge in [-0.3, -0.25) is 4.98 Å². The van der Waals surface area contributed by atoms with Crippen LogP contribution in [-0.4, -0.2) is 16.6 Å². The van der Waals surface area contributed by atoms with Gasteiger partial charge in [0.25, 0.3) is 0 Å². The van der Waals surface area contributed by atoms with Crippen LogP contribution in [-0.2, 0) is 6.54 Å². The minimum absolute atomic E-state index is 0.141. The van der Waals surface area contributed by atoms with Gasteiger partial charge in [0.2, 0.25) is 0 Å². The molecule has 1 aromatic rings. The first-order valence-electron chi connectivity index (χ1n) is 7.46. The maximum Gasteiger partial charge on any atom is 0.142 e. The van der Waals surface area contributed by atoms with Crippen molar-refractivity contribution >= 4 is 0 Å². The molecule has 1 aliphatic rings. The van der Waals surface area contributed by atoms with Crippen LogP contribution in [0.4, 0.5) is 0 Å². The van der Waals surface area contributed by atoms with Crippen LogP contribution in [0, 0.1) is 0 Å². The maximum absolute atomic E-state index is 6.10. The fourth-order valence-electron chi connectivity index (χ4n) is 2.30. The summed E-state index contributed by atoms with van der Waals surface area (Å²) in [5.41, 5.74) is 1.17. The van der Waals surface area contributed by atoms with Crippen LogP contribution in [0.5, 0.6) is 5.75 Å². The molecule has 3 heteroatoms. The highest BCUT2D eigenvalue weighted by Gasteiger charge is 2.19. The first kappa shape index (κ1) is 14.3. The Bertz CT molecular complexity index is 397. The van der Waals surface area contributed by atoms with Crippen LogP contribution in [0.25, 0.3) is 0 Å². The summed E-state index contributed by atoms with van der Waals surface area (Å²) in [5.74, 6) is 0.953. The third kappa shape index (κ3) is 4.20. The number of hydrogen-bond donors (Lipinski definition) is 1. The van der Waals surface area contributed by atoms with Gasteiger partial charge in [0.15, 0.2) is 0 Å². The third-order valence-electron chi connectivity index (χ3n) is 4.06. The van der Waals surface area contributed by atoms with Crippen molar-refractivity contribution in [1.29, 1.82) is 0 Å². The van der Waals surface area contributed by atoms with Gasteiger partial charge in [-0.15, -0.1) is 0 Å². The van der Waals surface area contributed by atoms with Crippen LogP contribution in [0.15, 0.2) is 18.3 Å². The van der Waals surface area contributed by atoms with E-state index in [0.29, 0.717) is 6.10 Å². The predicted molar refractivity (Wildman–Crippen MR) is 78.3 cm³/mol. The Morgan fingerprint density at radius 1 is 1.37 bits per heavy atom. The van der Waals surface area contributed by atoms with Crippen molar-refractivity contribution in [2.24, 2.45) is 0 Å². The molecule has 0 unspecified atom stereocenters. The summed E-state index contributed by atoms with van der Waals surface area (Å²) in [6, 6.07) is 4.00. The Morgan fingerprint density at radius 2 is 2.11 bits per heavy atom. The SMILES string of the molecule is CCC(C)(C)NCc1ncccc1OC1CCCC1. The van der Waals surface area contributed by atoms with Crippen molar-refractivity contribution in [3.63, 3.8) is 0 Å². The summed E-state index contributed by atoms with van der Waals surface area (Å²) in [5, 5.41) is 3.55. The Hall–Kier alpha value is -1.09. The average molecular weight is 262 g/mol. The van der Waals surface area contributed by atoms with Crippen LogP contribution < -0.4 is 10.1 Å². The van der Waals surface area contributed by atoms with E-state index >= 15 is 0 Å². The molecule has 1 fully saturated rings. The largest absolute Gasteiger partial charge is 0.488 e. The standard InChI is InChI=1S/C16H26N2O/c1-4-16(2,3)18-12-14-15(10-7-11-17-14)19-13-8-5-6-9-13/h7,10-11,13,18H,4-6,8-9,12H2,1-3H3. The molecule has 0 spiro atoms. The monoisotopic (exact) mass is 262 g/mol. The first-order valence-corrected chi connectivity index (χ1v) is 7.46. The highest BCUT2D eigenvalue weighted by molar-refractivity contribution is 5.27. The zero-order valence-corrected chi connectivity index (χ0v) is 12.4. The molecule has 0 radical (unpaired) electrons. The second-order valence-electron chi connectivity index (χ2n) is 6.06. The van der Waals surface area contributed by atoms with Crippen molar-refractivity contribution in [1.82, 2.24) is 10.3 Å². The second kappa shape index (κ2) is 6.38. The van der Waals surface area contributed by atoms with Gasteiger partial charge in [-0.2, -0.15) is 0 Å². The van der Waals surface area contributed by atoms with Gasteiger partial charge < -0.3 is 10.1 Å². The molecular weight excluding hydrogens is 236 g/mol. The lowest BCUT2D eigenvalue weighted by molar-refractivity contribution is 0.205. The highest BCUT2D eigenvalue weighted by atomic mass is 16.5. The number of nitrogens with one attached hydrogen (secondary N) is 1. The second-order valence-corrected chi connectivity index (χ2v) is 6.06. The van der Waals surface area contributed by atoms with Crippen LogP contribution in [0.3, 0.4) is 0 Å². The molecule has 1 heterocycles. The lowest BCUT2D eigenvalue weighted by Gasteiger charge is -2.25. The minimum Gasteiger partial charge on any atom is -0.488 e. The fourth-order valence-corrected chi connectivity index (χ4v) is 2.30. The van der Waals surface area contributed by atoms with Gasteiger partial charge >= 0.3 is 0 Å². The number of hydrogen-bond acceptors (Lipinski definition) is 3. The molecule has 19 heavy (non-hydrogen) atoms. The van der Waals surface area contributed by atoms with Gasteiger partial charge in [0.05, 0.1) is 11.8 Å². The number of pyridine rings is 1. The topological polar surface area (TPSA) is 34.2 Å². The van der Waals surface area contributed by atoms with Crippen molar-refractivity contribution in [3.8, 4) is 5.75 Å². The lowest BCUT2D eigenvalue weighted by atomic mass is 10.0. The summed E-state index contributed by atoms with van der Waals surface area (Å²) in [6.07, 6.45) is 8.28. The van der Waals surface area contributed by atoms with E-state index in [4.69, 9.17) is 4.74 Å². The minimum atomic E-state index is 0.141. The molecule has 0 saturated heterocycles. The van der Waals surface area contributed by atoms with Crippen LogP contribution in [0.2, 0.25) is 0 Å². The number of rotatable bonds is 6. The van der Waals surface area contributed by atoms with E-state index in [2.05, 4.69) is 31.1 Å².